The van der Waals surface area contributed by atoms with Crippen molar-refractivity contribution in [2.75, 3.05) is 12.9 Å². The normalized spacial score (nSPS) is 12.9. The summed E-state index contributed by atoms with van der Waals surface area (Å²) in [4.78, 5) is 12.2. The topological polar surface area (TPSA) is 58.6 Å². The average molecular weight is 284 g/mol. The van der Waals surface area contributed by atoms with E-state index in [1.807, 2.05) is 20.8 Å². The van der Waals surface area contributed by atoms with Crippen molar-refractivity contribution >= 4 is 17.1 Å². The molecule has 0 radical (unpaired) electrons. The Morgan fingerprint density at radius 2 is 1.84 bits per heavy atom. The van der Waals surface area contributed by atoms with E-state index < -0.39 is 16.8 Å². The van der Waals surface area contributed by atoms with Crippen LogP contribution in [0, 0.1) is 0 Å². The summed E-state index contributed by atoms with van der Waals surface area (Å²) >= 11 is -1.20. The van der Waals surface area contributed by atoms with Gasteiger partial charge in [0.1, 0.15) is 17.1 Å². The summed E-state index contributed by atoms with van der Waals surface area (Å²) in [5.74, 6) is 0.656. The average Bonchev–Trinajstić information content (AvgIpc) is 2.34. The van der Waals surface area contributed by atoms with E-state index in [4.69, 9.17) is 9.47 Å². The molecule has 0 aliphatic carbocycles. The summed E-state index contributed by atoms with van der Waals surface area (Å²) in [6.07, 6.45) is 0.149. The molecule has 1 aromatic rings. The maximum atomic E-state index is 12.0. The summed E-state index contributed by atoms with van der Waals surface area (Å²) in [5, 5.41) is 0. The van der Waals surface area contributed by atoms with E-state index in [0.29, 0.717) is 10.6 Å². The molecular weight excluding hydrogens is 264 g/mol. The maximum Gasteiger partial charge on any atom is 0.311 e. The molecule has 1 aromatic carbocycles. The van der Waals surface area contributed by atoms with Crippen LogP contribution in [0.25, 0.3) is 0 Å². The van der Waals surface area contributed by atoms with Crippen LogP contribution in [-0.2, 0) is 20.7 Å². The predicted molar refractivity (Wildman–Crippen MR) is 74.7 cm³/mol. The van der Waals surface area contributed by atoms with Gasteiger partial charge in [0.05, 0.1) is 13.5 Å². The van der Waals surface area contributed by atoms with Gasteiger partial charge in [-0.05, 0) is 56.2 Å². The molecule has 0 heterocycles. The van der Waals surface area contributed by atoms with E-state index in [9.17, 15) is 9.35 Å². The molecule has 0 spiro atoms. The molecule has 0 fully saturated rings. The van der Waals surface area contributed by atoms with E-state index in [0.717, 1.165) is 0 Å². The van der Waals surface area contributed by atoms with Gasteiger partial charge in [-0.3, -0.25) is 4.79 Å². The van der Waals surface area contributed by atoms with Crippen molar-refractivity contribution in [2.45, 2.75) is 37.7 Å². The lowest BCUT2D eigenvalue weighted by Crippen LogP contribution is -2.25. The largest absolute Gasteiger partial charge is 0.611 e. The Morgan fingerprint density at radius 3 is 2.32 bits per heavy atom. The molecule has 0 aliphatic rings. The third kappa shape index (κ3) is 5.98. The highest BCUT2D eigenvalue weighted by Crippen LogP contribution is 2.18. The Balaban J connectivity index is 2.46. The minimum atomic E-state index is -1.20. The summed E-state index contributed by atoms with van der Waals surface area (Å²) in [6, 6.07) is 6.98. The quantitative estimate of drug-likeness (QED) is 0.616. The molecule has 4 nitrogen and oxygen atoms in total. The van der Waals surface area contributed by atoms with Crippen LogP contribution in [0.2, 0.25) is 0 Å². The fourth-order valence-corrected chi connectivity index (χ4v) is 2.44. The molecule has 19 heavy (non-hydrogen) atoms. The van der Waals surface area contributed by atoms with Crippen molar-refractivity contribution < 1.29 is 18.8 Å². The van der Waals surface area contributed by atoms with Gasteiger partial charge in [-0.2, -0.15) is 0 Å². The fraction of sp³-hybridized carbons (Fsp3) is 0.500. The van der Waals surface area contributed by atoms with Gasteiger partial charge in [0.25, 0.3) is 0 Å². The van der Waals surface area contributed by atoms with Gasteiger partial charge < -0.3 is 14.0 Å². The molecule has 5 heteroatoms. The first-order chi connectivity index (χ1) is 8.81. The first kappa shape index (κ1) is 15.9. The first-order valence-corrected chi connectivity index (χ1v) is 7.38. The molecule has 0 bridgehead atoms. The number of carbonyl (C=O) groups excluding carboxylic acids is 1. The second-order valence-electron chi connectivity index (χ2n) is 5.06. The lowest BCUT2D eigenvalue weighted by molar-refractivity contribution is -0.154. The zero-order chi connectivity index (χ0) is 14.5. The Labute approximate surface area is 117 Å². The van der Waals surface area contributed by atoms with Crippen LogP contribution < -0.4 is 4.74 Å². The number of benzene rings is 1. The SMILES string of the molecule is COc1ccc([S+]([O-])CCC(=O)OC(C)(C)C)cc1. The molecule has 0 N–H and O–H groups in total. The van der Waals surface area contributed by atoms with Crippen molar-refractivity contribution in [1.82, 2.24) is 0 Å². The zero-order valence-electron chi connectivity index (χ0n) is 11.8. The number of esters is 1. The fourth-order valence-electron chi connectivity index (χ4n) is 1.41. The summed E-state index contributed by atoms with van der Waals surface area (Å²) in [7, 11) is 1.58. The van der Waals surface area contributed by atoms with E-state index in [2.05, 4.69) is 0 Å². The molecule has 0 saturated heterocycles. The van der Waals surface area contributed by atoms with Gasteiger partial charge in [-0.25, -0.2) is 0 Å². The van der Waals surface area contributed by atoms with E-state index in [-0.39, 0.29) is 18.1 Å². The molecule has 0 aromatic heterocycles. The van der Waals surface area contributed by atoms with Gasteiger partial charge in [0.2, 0.25) is 0 Å². The van der Waals surface area contributed by atoms with Crippen LogP contribution in [0.4, 0.5) is 0 Å². The number of hydrogen-bond acceptors (Lipinski definition) is 4. The van der Waals surface area contributed by atoms with Crippen LogP contribution >= 0.6 is 0 Å². The summed E-state index contributed by atoms with van der Waals surface area (Å²) in [6.45, 7) is 5.43. The molecule has 1 atom stereocenters. The number of methoxy groups -OCH3 is 1. The van der Waals surface area contributed by atoms with Crippen molar-refractivity contribution in [3.63, 3.8) is 0 Å². The highest BCUT2D eigenvalue weighted by molar-refractivity contribution is 7.91. The second kappa shape index (κ2) is 6.82. The minimum absolute atomic E-state index is 0.149. The van der Waals surface area contributed by atoms with E-state index >= 15 is 0 Å². The van der Waals surface area contributed by atoms with Crippen molar-refractivity contribution in [3.8, 4) is 5.75 Å². The smallest absolute Gasteiger partial charge is 0.311 e. The number of rotatable bonds is 5. The Bertz CT molecular complexity index is 408. The van der Waals surface area contributed by atoms with Crippen molar-refractivity contribution in [2.24, 2.45) is 0 Å². The highest BCUT2D eigenvalue weighted by Gasteiger charge is 2.19. The van der Waals surface area contributed by atoms with E-state index in [1.165, 1.54) is 0 Å². The van der Waals surface area contributed by atoms with Crippen LogP contribution in [-0.4, -0.2) is 29.0 Å². The molecule has 106 valence electrons. The Kier molecular flexibility index (Phi) is 5.69. The van der Waals surface area contributed by atoms with Gasteiger partial charge >= 0.3 is 5.97 Å². The maximum absolute atomic E-state index is 12.0. The number of carbonyl (C=O) groups is 1. The first-order valence-electron chi connectivity index (χ1n) is 6.06. The third-order valence-corrected chi connectivity index (χ3v) is 3.61. The van der Waals surface area contributed by atoms with Crippen LogP contribution in [0.1, 0.15) is 27.2 Å². The van der Waals surface area contributed by atoms with Crippen LogP contribution in [0.5, 0.6) is 5.75 Å². The lowest BCUT2D eigenvalue weighted by atomic mass is 10.2. The lowest BCUT2D eigenvalue weighted by Gasteiger charge is -2.19. The van der Waals surface area contributed by atoms with Crippen LogP contribution in [0.3, 0.4) is 0 Å². The minimum Gasteiger partial charge on any atom is -0.611 e. The predicted octanol–water partition coefficient (Wildman–Crippen LogP) is 2.53. The van der Waals surface area contributed by atoms with Crippen molar-refractivity contribution in [1.29, 1.82) is 0 Å². The van der Waals surface area contributed by atoms with E-state index in [1.54, 1.807) is 31.4 Å². The summed E-state index contributed by atoms with van der Waals surface area (Å²) in [5.41, 5.74) is -0.501. The molecule has 0 amide bonds. The van der Waals surface area contributed by atoms with Gasteiger partial charge in [-0.15, -0.1) is 0 Å². The Hall–Kier alpha value is -1.20. The number of hydrogen-bond donors (Lipinski definition) is 0. The molecular formula is C14H20O4S. The molecule has 1 rings (SSSR count). The molecule has 0 saturated carbocycles. The monoisotopic (exact) mass is 284 g/mol. The Morgan fingerprint density at radius 1 is 1.26 bits per heavy atom. The van der Waals surface area contributed by atoms with Gasteiger partial charge in [-0.1, -0.05) is 0 Å². The van der Waals surface area contributed by atoms with Gasteiger partial charge in [0, 0.05) is 0 Å². The standard InChI is InChI=1S/C14H20O4S/c1-14(2,3)18-13(15)9-10-19(16)12-7-5-11(17-4)6-8-12/h5-8H,9-10H2,1-4H3. The summed E-state index contributed by atoms with van der Waals surface area (Å²) < 4.78 is 22.2. The highest BCUT2D eigenvalue weighted by atomic mass is 32.2. The molecule has 1 unspecified atom stereocenters. The second-order valence-corrected chi connectivity index (χ2v) is 6.63. The van der Waals surface area contributed by atoms with Gasteiger partial charge in [0.15, 0.2) is 4.90 Å². The number of ether oxygens (including phenoxy) is 2. The molecule has 0 aliphatic heterocycles. The van der Waals surface area contributed by atoms with Crippen molar-refractivity contribution in [3.05, 3.63) is 24.3 Å². The van der Waals surface area contributed by atoms with Crippen LogP contribution in [0.15, 0.2) is 29.2 Å². The zero-order valence-corrected chi connectivity index (χ0v) is 12.6. The third-order valence-electron chi connectivity index (χ3n) is 2.23.